The normalized spacial score (nSPS) is 14.6. The van der Waals surface area contributed by atoms with Crippen LogP contribution in [0.4, 0.5) is 5.69 Å². The fourth-order valence-electron chi connectivity index (χ4n) is 4.80. The molecule has 0 aliphatic heterocycles. The molecule has 4 aromatic rings. The first-order valence-electron chi connectivity index (χ1n) is 13.4. The number of ketones is 1. The smallest absolute Gasteiger partial charge is 0.186 e. The summed E-state index contributed by atoms with van der Waals surface area (Å²) in [4.78, 5) is 15.9. The lowest BCUT2D eigenvalue weighted by atomic mass is 9.71. The monoisotopic (exact) mass is 564 g/mol. The van der Waals surface area contributed by atoms with E-state index in [1.54, 1.807) is 11.3 Å². The van der Waals surface area contributed by atoms with Crippen molar-refractivity contribution in [2.75, 3.05) is 0 Å². The topological polar surface area (TPSA) is 41.8 Å². The number of benzene rings is 3. The molecular weight excluding hydrogens is 532 g/mol. The molecule has 5 rings (SSSR count). The number of hydrogen-bond acceptors (Lipinski definition) is 4. The Morgan fingerprint density at radius 3 is 1.85 bits per heavy atom. The van der Waals surface area contributed by atoms with Gasteiger partial charge in [0.1, 0.15) is 5.70 Å². The van der Waals surface area contributed by atoms with Gasteiger partial charge in [0, 0.05) is 37.4 Å². The second-order valence-electron chi connectivity index (χ2n) is 12.1. The van der Waals surface area contributed by atoms with E-state index in [1.807, 2.05) is 42.5 Å². The first-order chi connectivity index (χ1) is 18.9. The number of thiophene rings is 1. The fourth-order valence-corrected chi connectivity index (χ4v) is 6.22. The maximum Gasteiger partial charge on any atom is 0.186 e. The number of nitrogens with zero attached hydrogens (tertiary/aromatic N) is 2. The van der Waals surface area contributed by atoms with Gasteiger partial charge in [-0.05, 0) is 52.8 Å². The molecule has 0 amide bonds. The highest BCUT2D eigenvalue weighted by Gasteiger charge is 2.35. The largest absolute Gasteiger partial charge is 0.289 e. The summed E-state index contributed by atoms with van der Waals surface area (Å²) >= 11 is 7.83. The summed E-state index contributed by atoms with van der Waals surface area (Å²) in [5, 5.41) is 12.5. The molecular formula is C35H33ClN2OS. The Bertz CT molecular complexity index is 1670. The minimum atomic E-state index is -0.335. The molecule has 3 aromatic carbocycles. The van der Waals surface area contributed by atoms with Crippen LogP contribution in [0.2, 0.25) is 5.02 Å². The summed E-state index contributed by atoms with van der Waals surface area (Å²) in [5.41, 5.74) is 4.38. The molecule has 1 aromatic heterocycles. The van der Waals surface area contributed by atoms with E-state index in [0.717, 1.165) is 38.2 Å². The van der Waals surface area contributed by atoms with Crippen LogP contribution < -0.4 is 0 Å². The molecule has 0 spiro atoms. The highest BCUT2D eigenvalue weighted by molar-refractivity contribution is 7.18. The Labute approximate surface area is 245 Å². The summed E-state index contributed by atoms with van der Waals surface area (Å²) in [6, 6.07) is 26.2. The molecule has 0 saturated heterocycles. The molecule has 0 fully saturated rings. The van der Waals surface area contributed by atoms with Crippen LogP contribution in [0.5, 0.6) is 0 Å². The molecule has 202 valence electrons. The van der Waals surface area contributed by atoms with E-state index >= 15 is 0 Å². The van der Waals surface area contributed by atoms with Crippen molar-refractivity contribution >= 4 is 50.9 Å². The number of halogens is 1. The lowest BCUT2D eigenvalue weighted by Gasteiger charge is -2.31. The van der Waals surface area contributed by atoms with E-state index in [2.05, 4.69) is 95.2 Å². The molecule has 0 saturated carbocycles. The Hall–Kier alpha value is -3.60. The SMILES string of the molecule is CC(C)(C)C1=CC(=C(N=Nc2ccc(Cl)cc2)c2sc(-c3ccccc3)c3ccccc23)C=C(C(C)(C)C)C1=O. The summed E-state index contributed by atoms with van der Waals surface area (Å²) in [7, 11) is 0. The van der Waals surface area contributed by atoms with Gasteiger partial charge in [0.2, 0.25) is 0 Å². The van der Waals surface area contributed by atoms with Crippen molar-refractivity contribution in [2.24, 2.45) is 21.1 Å². The third-order valence-corrected chi connectivity index (χ3v) is 8.47. The number of carbonyl (C=O) groups excluding carboxylic acids is 1. The number of allylic oxidation sites excluding steroid dienone is 5. The highest BCUT2D eigenvalue weighted by atomic mass is 35.5. The number of carbonyl (C=O) groups is 1. The second-order valence-corrected chi connectivity index (χ2v) is 13.6. The zero-order chi connectivity index (χ0) is 28.7. The quantitative estimate of drug-likeness (QED) is 0.227. The van der Waals surface area contributed by atoms with Crippen molar-refractivity contribution in [1.82, 2.24) is 0 Å². The third kappa shape index (κ3) is 5.65. The Morgan fingerprint density at radius 2 is 1.27 bits per heavy atom. The molecule has 0 atom stereocenters. The lowest BCUT2D eigenvalue weighted by Crippen LogP contribution is -2.28. The van der Waals surface area contributed by atoms with Crippen molar-refractivity contribution in [1.29, 1.82) is 0 Å². The van der Waals surface area contributed by atoms with E-state index in [9.17, 15) is 4.79 Å². The lowest BCUT2D eigenvalue weighted by molar-refractivity contribution is -0.114. The van der Waals surface area contributed by atoms with E-state index in [1.165, 1.54) is 10.3 Å². The van der Waals surface area contributed by atoms with Crippen molar-refractivity contribution in [3.8, 4) is 10.4 Å². The van der Waals surface area contributed by atoms with Crippen LogP contribution in [0, 0.1) is 10.8 Å². The molecule has 40 heavy (non-hydrogen) atoms. The molecule has 3 nitrogen and oxygen atoms in total. The maximum atomic E-state index is 13.7. The molecule has 1 aliphatic rings. The van der Waals surface area contributed by atoms with Gasteiger partial charge in [-0.3, -0.25) is 4.79 Å². The molecule has 0 bridgehead atoms. The minimum absolute atomic E-state index is 0.0961. The minimum Gasteiger partial charge on any atom is -0.289 e. The number of hydrogen-bond donors (Lipinski definition) is 0. The zero-order valence-corrected chi connectivity index (χ0v) is 25.3. The Kier molecular flexibility index (Phi) is 7.52. The van der Waals surface area contributed by atoms with Crippen LogP contribution in [0.15, 0.2) is 118 Å². The van der Waals surface area contributed by atoms with Gasteiger partial charge in [-0.2, -0.15) is 5.11 Å². The van der Waals surface area contributed by atoms with Gasteiger partial charge in [0.15, 0.2) is 5.78 Å². The van der Waals surface area contributed by atoms with E-state index in [-0.39, 0.29) is 16.6 Å². The average Bonchev–Trinajstić information content (AvgIpc) is 3.29. The predicted octanol–water partition coefficient (Wildman–Crippen LogP) is 11.2. The fraction of sp³-hybridized carbons (Fsp3) is 0.229. The van der Waals surface area contributed by atoms with Crippen LogP contribution in [-0.4, -0.2) is 5.78 Å². The van der Waals surface area contributed by atoms with Gasteiger partial charge in [0.25, 0.3) is 0 Å². The molecule has 1 aliphatic carbocycles. The van der Waals surface area contributed by atoms with Crippen LogP contribution in [0.3, 0.4) is 0 Å². The van der Waals surface area contributed by atoms with Gasteiger partial charge in [-0.15, -0.1) is 16.5 Å². The Balaban J connectivity index is 1.84. The molecule has 1 heterocycles. The van der Waals surface area contributed by atoms with Crippen LogP contribution in [-0.2, 0) is 4.79 Å². The molecule has 0 radical (unpaired) electrons. The zero-order valence-electron chi connectivity index (χ0n) is 23.7. The van der Waals surface area contributed by atoms with Gasteiger partial charge < -0.3 is 0 Å². The standard InChI is InChI=1S/C35H33ClN2OS/c1-34(2,3)28-20-23(21-29(31(28)39)35(4,5)6)30(38-37-25-18-16-24(36)17-19-25)33-27-15-11-10-14-26(27)32(40-33)22-12-8-7-9-13-22/h7-21H,1-6H3. The number of rotatable bonds is 4. The summed E-state index contributed by atoms with van der Waals surface area (Å²) in [6.45, 7) is 12.5. The highest BCUT2D eigenvalue weighted by Crippen LogP contribution is 2.46. The van der Waals surface area contributed by atoms with Crippen molar-refractivity contribution < 1.29 is 4.79 Å². The number of Topliss-reactive ketones (excluding diaryl/α,β-unsaturated/α-hetero) is 1. The summed E-state index contributed by atoms with van der Waals surface area (Å²) in [5.74, 6) is 0.0961. The van der Waals surface area contributed by atoms with Crippen molar-refractivity contribution in [2.45, 2.75) is 41.5 Å². The van der Waals surface area contributed by atoms with Gasteiger partial charge >= 0.3 is 0 Å². The van der Waals surface area contributed by atoms with E-state index in [4.69, 9.17) is 16.7 Å². The number of azo groups is 1. The first kappa shape index (κ1) is 27.9. The number of fused-ring (bicyclic) bond motifs is 1. The maximum absolute atomic E-state index is 13.7. The van der Waals surface area contributed by atoms with Crippen molar-refractivity contribution in [3.05, 3.63) is 118 Å². The summed E-state index contributed by atoms with van der Waals surface area (Å²) in [6.07, 6.45) is 4.04. The van der Waals surface area contributed by atoms with Crippen LogP contribution >= 0.6 is 22.9 Å². The first-order valence-corrected chi connectivity index (χ1v) is 14.6. The predicted molar refractivity (Wildman–Crippen MR) is 170 cm³/mol. The van der Waals surface area contributed by atoms with E-state index in [0.29, 0.717) is 10.7 Å². The van der Waals surface area contributed by atoms with Gasteiger partial charge in [0.05, 0.1) is 10.6 Å². The van der Waals surface area contributed by atoms with Crippen molar-refractivity contribution in [3.63, 3.8) is 0 Å². The molecule has 0 unspecified atom stereocenters. The second kappa shape index (κ2) is 10.8. The van der Waals surface area contributed by atoms with Crippen LogP contribution in [0.25, 0.3) is 26.9 Å². The Morgan fingerprint density at radius 1 is 0.725 bits per heavy atom. The van der Waals surface area contributed by atoms with E-state index < -0.39 is 0 Å². The van der Waals surface area contributed by atoms with Gasteiger partial charge in [-0.25, -0.2) is 0 Å². The molecule has 0 N–H and O–H groups in total. The van der Waals surface area contributed by atoms with Crippen LogP contribution in [0.1, 0.15) is 46.4 Å². The third-order valence-electron chi connectivity index (χ3n) is 6.94. The molecule has 5 heteroatoms. The summed E-state index contributed by atoms with van der Waals surface area (Å²) < 4.78 is 0. The average molecular weight is 565 g/mol. The van der Waals surface area contributed by atoms with Gasteiger partial charge in [-0.1, -0.05) is 108 Å².